The molecule has 0 saturated carbocycles. The second-order valence-electron chi connectivity index (χ2n) is 4.25. The van der Waals surface area contributed by atoms with Gasteiger partial charge in [0.15, 0.2) is 0 Å². The van der Waals surface area contributed by atoms with E-state index in [1.807, 2.05) is 20.8 Å². The molecule has 0 bridgehead atoms. The van der Waals surface area contributed by atoms with Crippen molar-refractivity contribution in [2.24, 2.45) is 5.41 Å². The summed E-state index contributed by atoms with van der Waals surface area (Å²) >= 11 is 7.13. The molecule has 1 amide bonds. The number of nitrogens with zero attached hydrogens (tertiary/aromatic N) is 1. The van der Waals surface area contributed by atoms with Crippen LogP contribution in [0.25, 0.3) is 0 Å². The molecule has 15 heavy (non-hydrogen) atoms. The minimum atomic E-state index is -0.0736. The first-order chi connectivity index (χ1) is 6.96. The van der Waals surface area contributed by atoms with Crippen molar-refractivity contribution in [3.8, 4) is 0 Å². The summed E-state index contributed by atoms with van der Waals surface area (Å²) in [4.78, 5) is 16.4. The monoisotopic (exact) mass is 246 g/mol. The van der Waals surface area contributed by atoms with Gasteiger partial charge in [-0.2, -0.15) is 0 Å². The van der Waals surface area contributed by atoms with Crippen LogP contribution in [0.5, 0.6) is 0 Å². The van der Waals surface area contributed by atoms with Crippen LogP contribution in [0.1, 0.15) is 29.2 Å². The summed E-state index contributed by atoms with van der Waals surface area (Å²) in [5.74, 6) is 0.461. The largest absolute Gasteiger partial charge is 0.351 e. The number of nitrogens with one attached hydrogen (secondary N) is 1. The summed E-state index contributed by atoms with van der Waals surface area (Å²) in [6.07, 6.45) is 0. The lowest BCUT2D eigenvalue weighted by Gasteiger charge is -2.21. The lowest BCUT2D eigenvalue weighted by Crippen LogP contribution is -2.34. The Balaban J connectivity index is 2.55. The fourth-order valence-electron chi connectivity index (χ4n) is 0.967. The maximum Gasteiger partial charge on any atom is 0.263 e. The predicted molar refractivity (Wildman–Crippen MR) is 63.7 cm³/mol. The maximum atomic E-state index is 11.7. The fourth-order valence-corrected chi connectivity index (χ4v) is 1.78. The highest BCUT2D eigenvalue weighted by molar-refractivity contribution is 7.11. The first kappa shape index (κ1) is 12.5. The Hall–Kier alpha value is -0.610. The average Bonchev–Trinajstić information content (AvgIpc) is 2.61. The molecule has 0 saturated heterocycles. The normalized spacial score (nSPS) is 11.5. The molecule has 0 aromatic carbocycles. The van der Waals surface area contributed by atoms with Crippen molar-refractivity contribution in [3.63, 3.8) is 0 Å². The number of alkyl halides is 1. The summed E-state index contributed by atoms with van der Waals surface area (Å²) in [5.41, 5.74) is 2.38. The second kappa shape index (κ2) is 4.94. The van der Waals surface area contributed by atoms with E-state index in [2.05, 4.69) is 10.3 Å². The van der Waals surface area contributed by atoms with Crippen LogP contribution < -0.4 is 5.32 Å². The van der Waals surface area contributed by atoms with Crippen LogP contribution in [0.3, 0.4) is 0 Å². The molecular formula is C10H15ClN2OS. The van der Waals surface area contributed by atoms with E-state index in [-0.39, 0.29) is 11.3 Å². The number of aryl methyl sites for hydroxylation is 1. The van der Waals surface area contributed by atoms with Crippen LogP contribution in [-0.2, 0) is 0 Å². The summed E-state index contributed by atoms with van der Waals surface area (Å²) in [7, 11) is 0. The molecule has 1 rings (SSSR count). The number of thiazole rings is 1. The highest BCUT2D eigenvalue weighted by Gasteiger charge is 2.19. The van der Waals surface area contributed by atoms with Crippen LogP contribution in [-0.4, -0.2) is 23.3 Å². The molecule has 1 aromatic heterocycles. The van der Waals surface area contributed by atoms with E-state index in [1.54, 1.807) is 5.51 Å². The highest BCUT2D eigenvalue weighted by atomic mass is 35.5. The fraction of sp³-hybridized carbons (Fsp3) is 0.600. The summed E-state index contributed by atoms with van der Waals surface area (Å²) < 4.78 is 0. The molecule has 5 heteroatoms. The highest BCUT2D eigenvalue weighted by Crippen LogP contribution is 2.16. The smallest absolute Gasteiger partial charge is 0.263 e. The average molecular weight is 247 g/mol. The molecule has 0 atom stereocenters. The van der Waals surface area contributed by atoms with E-state index in [0.717, 1.165) is 5.69 Å². The Bertz CT molecular complexity index is 349. The van der Waals surface area contributed by atoms with Crippen LogP contribution in [0.2, 0.25) is 0 Å². The molecule has 0 fully saturated rings. The Labute approximate surface area is 98.9 Å². The molecule has 0 aliphatic carbocycles. The van der Waals surface area contributed by atoms with E-state index in [1.165, 1.54) is 11.3 Å². The van der Waals surface area contributed by atoms with Gasteiger partial charge >= 0.3 is 0 Å². The Morgan fingerprint density at radius 2 is 2.33 bits per heavy atom. The zero-order chi connectivity index (χ0) is 11.5. The lowest BCUT2D eigenvalue weighted by molar-refractivity contribution is 0.0943. The summed E-state index contributed by atoms with van der Waals surface area (Å²) in [6.45, 7) is 6.43. The van der Waals surface area contributed by atoms with E-state index in [4.69, 9.17) is 11.6 Å². The first-order valence-corrected chi connectivity index (χ1v) is 6.12. The van der Waals surface area contributed by atoms with Crippen LogP contribution in [0.4, 0.5) is 0 Å². The molecule has 84 valence electrons. The molecule has 0 spiro atoms. The van der Waals surface area contributed by atoms with Crippen molar-refractivity contribution in [3.05, 3.63) is 16.1 Å². The van der Waals surface area contributed by atoms with Crippen molar-refractivity contribution < 1.29 is 4.79 Å². The Morgan fingerprint density at radius 1 is 1.67 bits per heavy atom. The van der Waals surface area contributed by atoms with Crippen LogP contribution in [0, 0.1) is 12.3 Å². The van der Waals surface area contributed by atoms with Gasteiger partial charge < -0.3 is 5.32 Å². The second-order valence-corrected chi connectivity index (χ2v) is 5.37. The van der Waals surface area contributed by atoms with E-state index in [9.17, 15) is 4.79 Å². The summed E-state index contributed by atoms with van der Waals surface area (Å²) in [5, 5.41) is 2.86. The van der Waals surface area contributed by atoms with E-state index in [0.29, 0.717) is 17.3 Å². The third-order valence-corrected chi connectivity index (χ3v) is 3.69. The molecule has 0 aliphatic rings. The zero-order valence-electron chi connectivity index (χ0n) is 9.13. The minimum Gasteiger partial charge on any atom is -0.351 e. The number of hydrogen-bond acceptors (Lipinski definition) is 3. The van der Waals surface area contributed by atoms with Gasteiger partial charge in [0.05, 0.1) is 11.2 Å². The topological polar surface area (TPSA) is 42.0 Å². The van der Waals surface area contributed by atoms with Crippen LogP contribution in [0.15, 0.2) is 5.51 Å². The molecule has 0 aliphatic heterocycles. The standard InChI is InChI=1S/C10H15ClN2OS/c1-7-8(15-6-13-7)9(14)12-5-10(2,3)4-11/h6H,4-5H2,1-3H3,(H,12,14). The van der Waals surface area contributed by atoms with Crippen LogP contribution >= 0.6 is 22.9 Å². The molecule has 1 N–H and O–H groups in total. The van der Waals surface area contributed by atoms with Gasteiger partial charge in [0.25, 0.3) is 5.91 Å². The van der Waals surface area contributed by atoms with Crippen molar-refractivity contribution in [1.29, 1.82) is 0 Å². The van der Waals surface area contributed by atoms with Crippen molar-refractivity contribution in [2.45, 2.75) is 20.8 Å². The number of rotatable bonds is 4. The van der Waals surface area contributed by atoms with Gasteiger partial charge in [-0.3, -0.25) is 4.79 Å². The van der Waals surface area contributed by atoms with Gasteiger partial charge in [0.1, 0.15) is 4.88 Å². The third-order valence-electron chi connectivity index (χ3n) is 2.04. The van der Waals surface area contributed by atoms with Gasteiger partial charge in [-0.05, 0) is 12.3 Å². The molecular weight excluding hydrogens is 232 g/mol. The number of halogens is 1. The Kier molecular flexibility index (Phi) is 4.11. The predicted octanol–water partition coefficient (Wildman–Crippen LogP) is 2.45. The minimum absolute atomic E-state index is 0.0619. The van der Waals surface area contributed by atoms with Crippen molar-refractivity contribution in [2.75, 3.05) is 12.4 Å². The van der Waals surface area contributed by atoms with Crippen molar-refractivity contribution >= 4 is 28.8 Å². The van der Waals surface area contributed by atoms with Gasteiger partial charge in [-0.1, -0.05) is 13.8 Å². The van der Waals surface area contributed by atoms with Gasteiger partial charge in [0.2, 0.25) is 0 Å². The van der Waals surface area contributed by atoms with E-state index < -0.39 is 0 Å². The number of amides is 1. The van der Waals surface area contributed by atoms with E-state index >= 15 is 0 Å². The first-order valence-electron chi connectivity index (χ1n) is 4.70. The molecule has 3 nitrogen and oxygen atoms in total. The number of carbonyl (C=O) groups excluding carboxylic acids is 1. The third kappa shape index (κ3) is 3.47. The maximum absolute atomic E-state index is 11.7. The van der Waals surface area contributed by atoms with Gasteiger partial charge in [-0.25, -0.2) is 4.98 Å². The summed E-state index contributed by atoms with van der Waals surface area (Å²) in [6, 6.07) is 0. The zero-order valence-corrected chi connectivity index (χ0v) is 10.7. The SMILES string of the molecule is Cc1ncsc1C(=O)NCC(C)(C)CCl. The number of aromatic nitrogens is 1. The quantitative estimate of drug-likeness (QED) is 0.830. The molecule has 0 unspecified atom stereocenters. The lowest BCUT2D eigenvalue weighted by atomic mass is 9.96. The Morgan fingerprint density at radius 3 is 2.80 bits per heavy atom. The van der Waals surface area contributed by atoms with Crippen molar-refractivity contribution in [1.82, 2.24) is 10.3 Å². The molecule has 1 aromatic rings. The molecule has 0 radical (unpaired) electrons. The molecule has 1 heterocycles. The van der Waals surface area contributed by atoms with Gasteiger partial charge in [-0.15, -0.1) is 22.9 Å². The number of hydrogen-bond donors (Lipinski definition) is 1. The number of carbonyl (C=O) groups is 1. The van der Waals surface area contributed by atoms with Gasteiger partial charge in [0, 0.05) is 12.4 Å².